The second-order valence-electron chi connectivity index (χ2n) is 7.33. The molecular formula is C16H28N4O. The molecule has 0 aliphatic carbocycles. The van der Waals surface area contributed by atoms with Crippen molar-refractivity contribution in [3.8, 4) is 0 Å². The Morgan fingerprint density at radius 1 is 1.24 bits per heavy atom. The molecule has 1 aliphatic heterocycles. The van der Waals surface area contributed by atoms with Crippen LogP contribution in [0.1, 0.15) is 45.0 Å². The van der Waals surface area contributed by atoms with E-state index in [4.69, 9.17) is 0 Å². The van der Waals surface area contributed by atoms with E-state index >= 15 is 0 Å². The average molecular weight is 292 g/mol. The predicted octanol–water partition coefficient (Wildman–Crippen LogP) is 2.05. The topological polar surface area (TPSA) is 41.4 Å². The van der Waals surface area contributed by atoms with Crippen LogP contribution in [0.4, 0.5) is 0 Å². The van der Waals surface area contributed by atoms with E-state index in [0.717, 1.165) is 32.7 Å². The van der Waals surface area contributed by atoms with Gasteiger partial charge in [-0.2, -0.15) is 5.10 Å². The highest BCUT2D eigenvalue weighted by Gasteiger charge is 2.24. The Morgan fingerprint density at radius 2 is 1.86 bits per heavy atom. The van der Waals surface area contributed by atoms with Crippen LogP contribution in [0.2, 0.25) is 0 Å². The maximum Gasteiger partial charge on any atom is 0.257 e. The molecule has 1 saturated heterocycles. The fourth-order valence-electron chi connectivity index (χ4n) is 2.63. The second kappa shape index (κ2) is 6.18. The molecule has 1 aliphatic rings. The van der Waals surface area contributed by atoms with Gasteiger partial charge in [-0.25, -0.2) is 0 Å². The summed E-state index contributed by atoms with van der Waals surface area (Å²) in [6.45, 7) is 15.4. The molecule has 5 heteroatoms. The molecule has 0 atom stereocenters. The first-order chi connectivity index (χ1) is 9.77. The Morgan fingerprint density at radius 3 is 2.33 bits per heavy atom. The van der Waals surface area contributed by atoms with Crippen molar-refractivity contribution in [3.05, 3.63) is 18.0 Å². The van der Waals surface area contributed by atoms with Gasteiger partial charge in [0.15, 0.2) is 0 Å². The third-order valence-corrected chi connectivity index (χ3v) is 3.80. The standard InChI is InChI=1S/C16H28N4O/c1-13(2)11-18-6-8-19(9-7-18)15(21)14-10-17-20(12-14)16(3,4)5/h10,12-13H,6-9,11H2,1-5H3. The van der Waals surface area contributed by atoms with Gasteiger partial charge >= 0.3 is 0 Å². The first-order valence-electron chi connectivity index (χ1n) is 7.84. The van der Waals surface area contributed by atoms with Gasteiger partial charge in [-0.05, 0) is 26.7 Å². The van der Waals surface area contributed by atoms with Crippen molar-refractivity contribution < 1.29 is 4.79 Å². The van der Waals surface area contributed by atoms with Crippen molar-refractivity contribution in [2.45, 2.75) is 40.2 Å². The predicted molar refractivity (Wildman–Crippen MR) is 84.4 cm³/mol. The van der Waals surface area contributed by atoms with Crippen LogP contribution in [0, 0.1) is 5.92 Å². The minimum absolute atomic E-state index is 0.0888. The van der Waals surface area contributed by atoms with Crippen LogP contribution in [0.15, 0.2) is 12.4 Å². The molecule has 0 bridgehead atoms. The number of carbonyl (C=O) groups excluding carboxylic acids is 1. The molecule has 0 saturated carbocycles. The Bertz CT molecular complexity index is 479. The third kappa shape index (κ3) is 4.06. The van der Waals surface area contributed by atoms with Gasteiger partial charge in [-0.15, -0.1) is 0 Å². The van der Waals surface area contributed by atoms with Crippen LogP contribution in [0.3, 0.4) is 0 Å². The van der Waals surface area contributed by atoms with Crippen molar-refractivity contribution in [1.29, 1.82) is 0 Å². The summed E-state index contributed by atoms with van der Waals surface area (Å²) >= 11 is 0. The SMILES string of the molecule is CC(C)CN1CCN(C(=O)c2cnn(C(C)(C)C)c2)CC1. The molecule has 0 aromatic carbocycles. The lowest BCUT2D eigenvalue weighted by Crippen LogP contribution is -2.49. The van der Waals surface area contributed by atoms with Crippen LogP contribution in [0.25, 0.3) is 0 Å². The highest BCUT2D eigenvalue weighted by Crippen LogP contribution is 2.15. The fraction of sp³-hybridized carbons (Fsp3) is 0.750. The van der Waals surface area contributed by atoms with E-state index in [2.05, 4.69) is 44.6 Å². The van der Waals surface area contributed by atoms with Gasteiger partial charge in [-0.3, -0.25) is 14.4 Å². The minimum Gasteiger partial charge on any atom is -0.336 e. The molecule has 1 amide bonds. The Labute approximate surface area is 127 Å². The van der Waals surface area contributed by atoms with Crippen molar-refractivity contribution >= 4 is 5.91 Å². The lowest BCUT2D eigenvalue weighted by molar-refractivity contribution is 0.0623. The highest BCUT2D eigenvalue weighted by atomic mass is 16.2. The second-order valence-corrected chi connectivity index (χ2v) is 7.33. The maximum atomic E-state index is 12.5. The average Bonchev–Trinajstić information content (AvgIpc) is 2.87. The fourth-order valence-corrected chi connectivity index (χ4v) is 2.63. The third-order valence-electron chi connectivity index (χ3n) is 3.80. The number of nitrogens with zero attached hydrogens (tertiary/aromatic N) is 4. The molecule has 118 valence electrons. The Kier molecular flexibility index (Phi) is 4.71. The van der Waals surface area contributed by atoms with Crippen molar-refractivity contribution in [2.24, 2.45) is 5.92 Å². The number of rotatable bonds is 3. The van der Waals surface area contributed by atoms with Crippen LogP contribution in [0.5, 0.6) is 0 Å². The molecule has 1 aromatic heterocycles. The molecule has 5 nitrogen and oxygen atoms in total. The van der Waals surface area contributed by atoms with Crippen LogP contribution in [-0.2, 0) is 5.54 Å². The molecule has 2 rings (SSSR count). The van der Waals surface area contributed by atoms with E-state index in [9.17, 15) is 4.79 Å². The summed E-state index contributed by atoms with van der Waals surface area (Å²) in [4.78, 5) is 16.9. The molecule has 0 N–H and O–H groups in total. The minimum atomic E-state index is -0.0888. The van der Waals surface area contributed by atoms with E-state index in [1.54, 1.807) is 6.20 Å². The first kappa shape index (κ1) is 16.0. The quantitative estimate of drug-likeness (QED) is 0.856. The van der Waals surface area contributed by atoms with Gasteiger partial charge in [0.2, 0.25) is 0 Å². The van der Waals surface area contributed by atoms with E-state index in [-0.39, 0.29) is 11.4 Å². The molecular weight excluding hydrogens is 264 g/mol. The van der Waals surface area contributed by atoms with Gasteiger partial charge < -0.3 is 4.90 Å². The first-order valence-corrected chi connectivity index (χ1v) is 7.84. The van der Waals surface area contributed by atoms with E-state index < -0.39 is 0 Å². The number of piperazine rings is 1. The molecule has 0 spiro atoms. The monoisotopic (exact) mass is 292 g/mol. The van der Waals surface area contributed by atoms with Crippen LogP contribution < -0.4 is 0 Å². The lowest BCUT2D eigenvalue weighted by Gasteiger charge is -2.35. The summed E-state index contributed by atoms with van der Waals surface area (Å²) in [6.07, 6.45) is 3.55. The zero-order chi connectivity index (χ0) is 15.6. The van der Waals surface area contributed by atoms with E-state index in [1.807, 2.05) is 15.8 Å². The van der Waals surface area contributed by atoms with Crippen molar-refractivity contribution in [3.63, 3.8) is 0 Å². The summed E-state index contributed by atoms with van der Waals surface area (Å²) in [6, 6.07) is 0. The van der Waals surface area contributed by atoms with Gasteiger partial charge in [0.1, 0.15) is 0 Å². The number of hydrogen-bond donors (Lipinski definition) is 0. The molecule has 2 heterocycles. The van der Waals surface area contributed by atoms with E-state index in [1.165, 1.54) is 0 Å². The van der Waals surface area contributed by atoms with Crippen molar-refractivity contribution in [2.75, 3.05) is 32.7 Å². The number of carbonyl (C=O) groups is 1. The molecule has 1 fully saturated rings. The summed E-state index contributed by atoms with van der Waals surface area (Å²) in [7, 11) is 0. The summed E-state index contributed by atoms with van der Waals surface area (Å²) in [5.74, 6) is 0.784. The molecule has 0 radical (unpaired) electrons. The lowest BCUT2D eigenvalue weighted by atomic mass is 10.1. The Balaban J connectivity index is 1.94. The number of hydrogen-bond acceptors (Lipinski definition) is 3. The van der Waals surface area contributed by atoms with Gasteiger partial charge in [-0.1, -0.05) is 13.8 Å². The smallest absolute Gasteiger partial charge is 0.257 e. The number of amides is 1. The van der Waals surface area contributed by atoms with Gasteiger partial charge in [0, 0.05) is 38.9 Å². The van der Waals surface area contributed by atoms with E-state index in [0.29, 0.717) is 11.5 Å². The summed E-state index contributed by atoms with van der Waals surface area (Å²) < 4.78 is 1.86. The zero-order valence-electron chi connectivity index (χ0n) is 14.0. The molecule has 21 heavy (non-hydrogen) atoms. The van der Waals surface area contributed by atoms with Gasteiger partial charge in [0.25, 0.3) is 5.91 Å². The van der Waals surface area contributed by atoms with Crippen molar-refractivity contribution in [1.82, 2.24) is 19.6 Å². The zero-order valence-corrected chi connectivity index (χ0v) is 14.0. The van der Waals surface area contributed by atoms with Crippen LogP contribution >= 0.6 is 0 Å². The molecule has 1 aromatic rings. The van der Waals surface area contributed by atoms with Gasteiger partial charge in [0.05, 0.1) is 17.3 Å². The summed E-state index contributed by atoms with van der Waals surface area (Å²) in [5.41, 5.74) is 0.608. The summed E-state index contributed by atoms with van der Waals surface area (Å²) in [5, 5.41) is 4.32. The largest absolute Gasteiger partial charge is 0.336 e. The Hall–Kier alpha value is -1.36. The normalized spacial score (nSPS) is 17.5. The van der Waals surface area contributed by atoms with Crippen LogP contribution in [-0.4, -0.2) is 58.2 Å². The number of aromatic nitrogens is 2. The molecule has 0 unspecified atom stereocenters. The highest BCUT2D eigenvalue weighted by molar-refractivity contribution is 5.93. The maximum absolute atomic E-state index is 12.5.